The quantitative estimate of drug-likeness (QED) is 0.254. The zero-order chi connectivity index (χ0) is 14.9. The molecule has 1 atom stereocenters. The van der Waals surface area contributed by atoms with Crippen LogP contribution in [-0.4, -0.2) is 0 Å². The van der Waals surface area contributed by atoms with E-state index in [9.17, 15) is 0 Å². The predicted molar refractivity (Wildman–Crippen MR) is 94.1 cm³/mol. The van der Waals surface area contributed by atoms with Gasteiger partial charge < -0.3 is 0 Å². The number of hydrogen-bond acceptors (Lipinski definition) is 0. The molecule has 0 aliphatic heterocycles. The first-order valence-electron chi connectivity index (χ1n) is 9.64. The summed E-state index contributed by atoms with van der Waals surface area (Å²) >= 11 is 0. The van der Waals surface area contributed by atoms with E-state index in [2.05, 4.69) is 20.8 Å². The molecule has 0 heterocycles. The zero-order valence-corrected chi connectivity index (χ0v) is 14.6. The molecule has 0 saturated carbocycles. The molecule has 0 aliphatic rings. The zero-order valence-electron chi connectivity index (χ0n) is 14.6. The molecule has 0 heteroatoms. The maximum Gasteiger partial charge on any atom is -0.0414 e. The lowest BCUT2D eigenvalue weighted by atomic mass is 9.90. The minimum absolute atomic E-state index is 1.02. The maximum atomic E-state index is 3.97. The van der Waals surface area contributed by atoms with Gasteiger partial charge in [0.05, 0.1) is 0 Å². The predicted octanol–water partition coefficient (Wildman–Crippen LogP) is 7.72. The summed E-state index contributed by atoms with van der Waals surface area (Å²) in [6.45, 7) is 8.58. The summed E-state index contributed by atoms with van der Waals surface area (Å²) in [5, 5.41) is 0. The van der Waals surface area contributed by atoms with Crippen molar-refractivity contribution in [1.29, 1.82) is 0 Å². The average molecular weight is 282 g/mol. The van der Waals surface area contributed by atoms with Gasteiger partial charge in [0, 0.05) is 0 Å². The van der Waals surface area contributed by atoms with E-state index in [0.717, 1.165) is 12.3 Å². The lowest BCUT2D eigenvalue weighted by Crippen LogP contribution is -2.01. The van der Waals surface area contributed by atoms with Gasteiger partial charge in [-0.25, -0.2) is 0 Å². The molecular formula is C20H41. The molecule has 0 aromatic heterocycles. The maximum absolute atomic E-state index is 3.97. The lowest BCUT2D eigenvalue weighted by Gasteiger charge is -2.16. The van der Waals surface area contributed by atoms with Crippen LogP contribution < -0.4 is 0 Å². The Morgan fingerprint density at radius 1 is 0.550 bits per heavy atom. The summed E-state index contributed by atoms with van der Waals surface area (Å²) in [5.41, 5.74) is 0. The molecule has 0 nitrogen and oxygen atoms in total. The van der Waals surface area contributed by atoms with Crippen molar-refractivity contribution in [3.63, 3.8) is 0 Å². The van der Waals surface area contributed by atoms with Gasteiger partial charge in [0.1, 0.15) is 0 Å². The normalized spacial score (nSPS) is 12.8. The van der Waals surface area contributed by atoms with Gasteiger partial charge in [0.2, 0.25) is 0 Å². The van der Waals surface area contributed by atoms with Crippen LogP contribution in [0.4, 0.5) is 0 Å². The van der Waals surface area contributed by atoms with Crippen molar-refractivity contribution >= 4 is 0 Å². The molecule has 0 N–H and O–H groups in total. The molecule has 0 aromatic rings. The molecule has 1 radical (unpaired) electrons. The fourth-order valence-corrected chi connectivity index (χ4v) is 3.12. The van der Waals surface area contributed by atoms with E-state index in [1.165, 1.54) is 96.3 Å². The van der Waals surface area contributed by atoms with E-state index in [4.69, 9.17) is 0 Å². The molecule has 20 heavy (non-hydrogen) atoms. The second kappa shape index (κ2) is 17.1. The first kappa shape index (κ1) is 20.0. The van der Waals surface area contributed by atoms with Gasteiger partial charge in [-0.1, -0.05) is 124 Å². The van der Waals surface area contributed by atoms with Crippen molar-refractivity contribution in [1.82, 2.24) is 0 Å². The highest BCUT2D eigenvalue weighted by atomic mass is 14.1. The van der Waals surface area contributed by atoms with Crippen LogP contribution in [0.15, 0.2) is 0 Å². The van der Waals surface area contributed by atoms with Gasteiger partial charge in [-0.3, -0.25) is 0 Å². The molecule has 0 amide bonds. The third kappa shape index (κ3) is 14.4. The second-order valence-electron chi connectivity index (χ2n) is 6.62. The summed E-state index contributed by atoms with van der Waals surface area (Å²) in [4.78, 5) is 0. The summed E-state index contributed by atoms with van der Waals surface area (Å²) in [6, 6.07) is 0. The monoisotopic (exact) mass is 281 g/mol. The number of unbranched alkanes of at least 4 members (excludes halogenated alkanes) is 10. The van der Waals surface area contributed by atoms with Gasteiger partial charge in [-0.2, -0.15) is 0 Å². The smallest absolute Gasteiger partial charge is 0.0414 e. The Morgan fingerprint density at radius 3 is 1.45 bits per heavy atom. The molecule has 1 unspecified atom stereocenters. The van der Waals surface area contributed by atoms with Gasteiger partial charge in [0.25, 0.3) is 0 Å². The summed E-state index contributed by atoms with van der Waals surface area (Å²) in [6.07, 6.45) is 22.7. The minimum Gasteiger partial charge on any atom is -0.0654 e. The van der Waals surface area contributed by atoms with Gasteiger partial charge >= 0.3 is 0 Å². The highest BCUT2D eigenvalue weighted by molar-refractivity contribution is 4.62. The topological polar surface area (TPSA) is 0 Å². The Kier molecular flexibility index (Phi) is 17.1. The molecule has 121 valence electrons. The van der Waals surface area contributed by atoms with Crippen molar-refractivity contribution in [3.05, 3.63) is 6.92 Å². The van der Waals surface area contributed by atoms with E-state index < -0.39 is 0 Å². The van der Waals surface area contributed by atoms with Crippen LogP contribution in [0.1, 0.15) is 117 Å². The molecule has 0 aromatic carbocycles. The average Bonchev–Trinajstić information content (AvgIpc) is 2.46. The Labute approximate surface area is 130 Å². The highest BCUT2D eigenvalue weighted by Crippen LogP contribution is 2.24. The van der Waals surface area contributed by atoms with Crippen LogP contribution in [0.25, 0.3) is 0 Å². The van der Waals surface area contributed by atoms with Crippen LogP contribution in [0.2, 0.25) is 0 Å². The third-order valence-corrected chi connectivity index (χ3v) is 4.54. The molecule has 0 spiro atoms. The molecule has 0 aliphatic carbocycles. The fourth-order valence-electron chi connectivity index (χ4n) is 3.12. The fraction of sp³-hybridized carbons (Fsp3) is 0.950. The summed E-state index contributed by atoms with van der Waals surface area (Å²) in [7, 11) is 0. The molecule has 0 bridgehead atoms. The van der Waals surface area contributed by atoms with Crippen molar-refractivity contribution < 1.29 is 0 Å². The van der Waals surface area contributed by atoms with E-state index in [0.29, 0.717) is 0 Å². The SMILES string of the molecule is [CH2]CCCCC(CCCCCC)CCCCCCCC. The van der Waals surface area contributed by atoms with Gasteiger partial charge in [0.15, 0.2) is 0 Å². The highest BCUT2D eigenvalue weighted by Gasteiger charge is 2.08. The molecule has 0 saturated heterocycles. The summed E-state index contributed by atoms with van der Waals surface area (Å²) in [5.74, 6) is 1.02. The van der Waals surface area contributed by atoms with E-state index in [1.54, 1.807) is 0 Å². The first-order valence-corrected chi connectivity index (χ1v) is 9.64. The summed E-state index contributed by atoms with van der Waals surface area (Å²) < 4.78 is 0. The third-order valence-electron chi connectivity index (χ3n) is 4.54. The Bertz CT molecular complexity index is 161. The number of hydrogen-bond donors (Lipinski definition) is 0. The van der Waals surface area contributed by atoms with E-state index >= 15 is 0 Å². The van der Waals surface area contributed by atoms with Gasteiger partial charge in [-0.05, 0) is 5.92 Å². The van der Waals surface area contributed by atoms with Crippen molar-refractivity contribution in [2.75, 3.05) is 0 Å². The van der Waals surface area contributed by atoms with Crippen molar-refractivity contribution in [2.45, 2.75) is 117 Å². The number of rotatable bonds is 16. The molecule has 0 rings (SSSR count). The van der Waals surface area contributed by atoms with Crippen LogP contribution in [0, 0.1) is 12.8 Å². The molecule has 0 fully saturated rings. The van der Waals surface area contributed by atoms with Crippen LogP contribution >= 0.6 is 0 Å². The first-order chi connectivity index (χ1) is 9.85. The Hall–Kier alpha value is 0. The van der Waals surface area contributed by atoms with Crippen molar-refractivity contribution in [3.8, 4) is 0 Å². The standard InChI is InChI=1S/C20H41/c1-4-7-10-12-13-16-19-20(17-14-9-6-3)18-15-11-8-5-2/h20H,3-19H2,1-2H3. The van der Waals surface area contributed by atoms with E-state index in [-0.39, 0.29) is 0 Å². The van der Waals surface area contributed by atoms with E-state index in [1.807, 2.05) is 0 Å². The lowest BCUT2D eigenvalue weighted by molar-refractivity contribution is 0.370. The van der Waals surface area contributed by atoms with Crippen molar-refractivity contribution in [2.24, 2.45) is 5.92 Å². The van der Waals surface area contributed by atoms with Crippen LogP contribution in [0.5, 0.6) is 0 Å². The largest absolute Gasteiger partial charge is 0.0654 e. The Morgan fingerprint density at radius 2 is 0.950 bits per heavy atom. The second-order valence-corrected chi connectivity index (χ2v) is 6.62. The van der Waals surface area contributed by atoms with Gasteiger partial charge in [-0.15, -0.1) is 0 Å². The minimum atomic E-state index is 1.02. The van der Waals surface area contributed by atoms with Crippen LogP contribution in [-0.2, 0) is 0 Å². The molecular weight excluding hydrogens is 240 g/mol. The van der Waals surface area contributed by atoms with Crippen LogP contribution in [0.3, 0.4) is 0 Å². The Balaban J connectivity index is 3.62.